The van der Waals surface area contributed by atoms with Crippen LogP contribution in [0.4, 0.5) is 4.79 Å². The number of urea groups is 1. The second-order valence-corrected chi connectivity index (χ2v) is 5.77. The lowest BCUT2D eigenvalue weighted by molar-refractivity contribution is 0.208. The van der Waals surface area contributed by atoms with Gasteiger partial charge in [-0.05, 0) is 36.8 Å². The van der Waals surface area contributed by atoms with Crippen LogP contribution in [0.5, 0.6) is 5.75 Å². The van der Waals surface area contributed by atoms with Crippen LogP contribution >= 0.6 is 0 Å². The first-order valence-corrected chi connectivity index (χ1v) is 7.95. The van der Waals surface area contributed by atoms with Crippen LogP contribution in [-0.2, 0) is 6.42 Å². The zero-order valence-corrected chi connectivity index (χ0v) is 13.0. The van der Waals surface area contributed by atoms with Crippen molar-refractivity contribution >= 4 is 6.03 Å². The quantitative estimate of drug-likeness (QED) is 0.816. The molecule has 1 saturated carbocycles. The van der Waals surface area contributed by atoms with Crippen molar-refractivity contribution in [3.8, 4) is 5.75 Å². The Balaban J connectivity index is 1.74. The molecule has 1 aliphatic carbocycles. The molecule has 2 N–H and O–H groups in total. The molecule has 0 radical (unpaired) electrons. The Bertz CT molecular complexity index is 462. The van der Waals surface area contributed by atoms with Crippen LogP contribution in [0, 0.1) is 5.92 Å². The molecule has 0 bridgehead atoms. The first-order chi connectivity index (χ1) is 10.2. The maximum absolute atomic E-state index is 11.9. The molecule has 4 heteroatoms. The minimum atomic E-state index is -0.136. The molecule has 0 saturated heterocycles. The number of nitrogens with one attached hydrogen (secondary N) is 2. The highest BCUT2D eigenvalue weighted by molar-refractivity contribution is 5.74. The number of carbonyl (C=O) groups is 1. The van der Waals surface area contributed by atoms with Gasteiger partial charge in [0.05, 0.1) is 0 Å². The van der Waals surface area contributed by atoms with Gasteiger partial charge in [0.15, 0.2) is 6.73 Å². The predicted octanol–water partition coefficient (Wildman–Crippen LogP) is 3.46. The summed E-state index contributed by atoms with van der Waals surface area (Å²) >= 11 is 0. The molecule has 0 aromatic heterocycles. The average Bonchev–Trinajstić information content (AvgIpc) is 2.50. The number of amides is 2. The maximum Gasteiger partial charge on any atom is 0.317 e. The third-order valence-corrected chi connectivity index (χ3v) is 4.24. The minimum absolute atomic E-state index is 0.136. The topological polar surface area (TPSA) is 50.4 Å². The van der Waals surface area contributed by atoms with Gasteiger partial charge in [0.25, 0.3) is 0 Å². The van der Waals surface area contributed by atoms with Crippen molar-refractivity contribution in [2.24, 2.45) is 5.92 Å². The van der Waals surface area contributed by atoms with Crippen LogP contribution in [0.25, 0.3) is 0 Å². The normalized spacial score (nSPS) is 21.6. The second-order valence-electron chi connectivity index (χ2n) is 5.77. The van der Waals surface area contributed by atoms with Gasteiger partial charge < -0.3 is 15.4 Å². The Hall–Kier alpha value is -1.71. The number of hydrogen-bond donors (Lipinski definition) is 2. The molecule has 1 fully saturated rings. The van der Waals surface area contributed by atoms with Gasteiger partial charge in [-0.25, -0.2) is 4.79 Å². The van der Waals surface area contributed by atoms with Crippen LogP contribution in [0.3, 0.4) is 0 Å². The van der Waals surface area contributed by atoms with Crippen molar-refractivity contribution < 1.29 is 9.53 Å². The Morgan fingerprint density at radius 1 is 1.29 bits per heavy atom. The third kappa shape index (κ3) is 4.66. The summed E-state index contributed by atoms with van der Waals surface area (Å²) in [4.78, 5) is 11.9. The summed E-state index contributed by atoms with van der Waals surface area (Å²) in [7, 11) is 0. The summed E-state index contributed by atoms with van der Waals surface area (Å²) in [6.07, 6.45) is 5.68. The molecule has 1 aromatic rings. The van der Waals surface area contributed by atoms with Crippen molar-refractivity contribution in [2.75, 3.05) is 6.73 Å². The van der Waals surface area contributed by atoms with E-state index in [0.717, 1.165) is 24.2 Å². The number of ether oxygens (including phenoxy) is 1. The molecular weight excluding hydrogens is 264 g/mol. The van der Waals surface area contributed by atoms with E-state index in [1.54, 1.807) is 0 Å². The van der Waals surface area contributed by atoms with Crippen molar-refractivity contribution in [2.45, 2.75) is 52.0 Å². The predicted molar refractivity (Wildman–Crippen MR) is 84.4 cm³/mol. The fourth-order valence-electron chi connectivity index (χ4n) is 2.87. The zero-order chi connectivity index (χ0) is 15.1. The van der Waals surface area contributed by atoms with Crippen LogP contribution in [-0.4, -0.2) is 18.8 Å². The highest BCUT2D eigenvalue weighted by Gasteiger charge is 2.22. The standard InChI is InChI=1S/C17H26N2O2/c1-3-14-9-5-7-11-16(14)21-12-18-17(20)19-15-10-6-4-8-13(15)2/h5,7,9,11,13,15H,3-4,6,8,10,12H2,1-2H3,(H2,18,19,20). The SMILES string of the molecule is CCc1ccccc1OCNC(=O)NC1CCCCC1C. The molecule has 0 spiro atoms. The molecule has 1 aliphatic rings. The molecule has 2 rings (SSSR count). The third-order valence-electron chi connectivity index (χ3n) is 4.24. The molecule has 0 heterocycles. The second kappa shape index (κ2) is 7.91. The number of benzene rings is 1. The van der Waals surface area contributed by atoms with Gasteiger partial charge in [-0.15, -0.1) is 0 Å². The smallest absolute Gasteiger partial charge is 0.317 e. The number of hydrogen-bond acceptors (Lipinski definition) is 2. The van der Waals surface area contributed by atoms with E-state index in [1.165, 1.54) is 19.3 Å². The van der Waals surface area contributed by atoms with Crippen LogP contribution in [0.15, 0.2) is 24.3 Å². The molecule has 116 valence electrons. The number of rotatable bonds is 5. The minimum Gasteiger partial charge on any atom is -0.473 e. The van der Waals surface area contributed by atoms with E-state index in [-0.39, 0.29) is 12.8 Å². The number of aryl methyl sites for hydroxylation is 1. The lowest BCUT2D eigenvalue weighted by atomic mass is 9.86. The van der Waals surface area contributed by atoms with E-state index >= 15 is 0 Å². The average molecular weight is 290 g/mol. The van der Waals surface area contributed by atoms with Crippen LogP contribution in [0.2, 0.25) is 0 Å². The summed E-state index contributed by atoms with van der Waals surface area (Å²) < 4.78 is 5.64. The van der Waals surface area contributed by atoms with Gasteiger partial charge >= 0.3 is 6.03 Å². The van der Waals surface area contributed by atoms with Crippen LogP contribution < -0.4 is 15.4 Å². The number of carbonyl (C=O) groups excluding carboxylic acids is 1. The maximum atomic E-state index is 11.9. The first-order valence-electron chi connectivity index (χ1n) is 7.95. The highest BCUT2D eigenvalue weighted by Crippen LogP contribution is 2.23. The molecular formula is C17H26N2O2. The Morgan fingerprint density at radius 2 is 2.05 bits per heavy atom. The van der Waals surface area contributed by atoms with Gasteiger partial charge in [0, 0.05) is 6.04 Å². The van der Waals surface area contributed by atoms with E-state index in [9.17, 15) is 4.79 Å². The summed E-state index contributed by atoms with van der Waals surface area (Å²) in [5.41, 5.74) is 1.15. The van der Waals surface area contributed by atoms with E-state index in [4.69, 9.17) is 4.74 Å². The summed E-state index contributed by atoms with van der Waals surface area (Å²) in [5.74, 6) is 1.40. The zero-order valence-electron chi connectivity index (χ0n) is 13.0. The Labute approximate surface area is 127 Å². The van der Waals surface area contributed by atoms with E-state index < -0.39 is 0 Å². The van der Waals surface area contributed by atoms with Gasteiger partial charge in [-0.3, -0.25) is 0 Å². The lowest BCUT2D eigenvalue weighted by Crippen LogP contribution is -2.46. The summed E-state index contributed by atoms with van der Waals surface area (Å²) in [6, 6.07) is 8.07. The molecule has 21 heavy (non-hydrogen) atoms. The van der Waals surface area contributed by atoms with Gasteiger partial charge in [0.1, 0.15) is 5.75 Å². The van der Waals surface area contributed by atoms with Crippen molar-refractivity contribution in [1.82, 2.24) is 10.6 Å². The summed E-state index contributed by atoms with van der Waals surface area (Å²) in [5, 5.41) is 5.83. The van der Waals surface area contributed by atoms with Crippen molar-refractivity contribution in [3.63, 3.8) is 0 Å². The van der Waals surface area contributed by atoms with Gasteiger partial charge in [0.2, 0.25) is 0 Å². The summed E-state index contributed by atoms with van der Waals surface area (Å²) in [6.45, 7) is 4.49. The van der Waals surface area contributed by atoms with Gasteiger partial charge in [-0.1, -0.05) is 44.9 Å². The van der Waals surface area contributed by atoms with Gasteiger partial charge in [-0.2, -0.15) is 0 Å². The molecule has 1 aromatic carbocycles. The fraction of sp³-hybridized carbons (Fsp3) is 0.588. The van der Waals surface area contributed by atoms with Crippen LogP contribution in [0.1, 0.15) is 45.1 Å². The molecule has 2 atom stereocenters. The van der Waals surface area contributed by atoms with E-state index in [2.05, 4.69) is 24.5 Å². The number of para-hydroxylation sites is 1. The molecule has 4 nitrogen and oxygen atoms in total. The monoisotopic (exact) mass is 290 g/mol. The first kappa shape index (κ1) is 15.7. The molecule has 0 aliphatic heterocycles. The Kier molecular flexibility index (Phi) is 5.90. The van der Waals surface area contributed by atoms with E-state index in [1.807, 2.05) is 24.3 Å². The van der Waals surface area contributed by atoms with E-state index in [0.29, 0.717) is 12.0 Å². The molecule has 2 unspecified atom stereocenters. The molecule has 2 amide bonds. The Morgan fingerprint density at radius 3 is 2.81 bits per heavy atom. The highest BCUT2D eigenvalue weighted by atomic mass is 16.5. The fourth-order valence-corrected chi connectivity index (χ4v) is 2.87. The van der Waals surface area contributed by atoms with Crippen molar-refractivity contribution in [3.05, 3.63) is 29.8 Å². The largest absolute Gasteiger partial charge is 0.473 e. The lowest BCUT2D eigenvalue weighted by Gasteiger charge is -2.29. The van der Waals surface area contributed by atoms with Crippen molar-refractivity contribution in [1.29, 1.82) is 0 Å².